The topological polar surface area (TPSA) is 42.4 Å². The molecule has 0 atom stereocenters. The Balaban J connectivity index is 2.43. The molecule has 0 spiro atoms. The second kappa shape index (κ2) is 3.01. The van der Waals surface area contributed by atoms with Gasteiger partial charge in [0.2, 0.25) is 0 Å². The first-order valence-corrected chi connectivity index (χ1v) is 4.54. The lowest BCUT2D eigenvalue weighted by Crippen LogP contribution is -2.47. The van der Waals surface area contributed by atoms with Gasteiger partial charge in [-0.3, -0.25) is 0 Å². The maximum absolute atomic E-state index is 13.2. The van der Waals surface area contributed by atoms with E-state index in [0.29, 0.717) is 4.60 Å². The summed E-state index contributed by atoms with van der Waals surface area (Å²) in [4.78, 5) is 3.88. The molecule has 0 amide bonds. The molecule has 1 aromatic rings. The SMILES string of the molecule is OC1(c2nc(Br)ccc2F)COC1. The summed E-state index contributed by atoms with van der Waals surface area (Å²) in [6, 6.07) is 2.75. The lowest BCUT2D eigenvalue weighted by molar-refractivity contribution is -0.188. The number of hydrogen-bond donors (Lipinski definition) is 1. The Bertz CT molecular complexity index is 341. The van der Waals surface area contributed by atoms with Gasteiger partial charge in [-0.25, -0.2) is 9.37 Å². The monoisotopic (exact) mass is 247 g/mol. The Morgan fingerprint density at radius 3 is 2.77 bits per heavy atom. The summed E-state index contributed by atoms with van der Waals surface area (Å²) in [6.45, 7) is 0.209. The van der Waals surface area contributed by atoms with Gasteiger partial charge in [0, 0.05) is 0 Å². The number of nitrogens with zero attached hydrogens (tertiary/aromatic N) is 1. The van der Waals surface area contributed by atoms with Crippen LogP contribution in [0.4, 0.5) is 4.39 Å². The molecule has 2 heterocycles. The minimum absolute atomic E-state index is 0.0492. The number of rotatable bonds is 1. The number of hydrogen-bond acceptors (Lipinski definition) is 3. The van der Waals surface area contributed by atoms with Crippen LogP contribution >= 0.6 is 15.9 Å². The normalized spacial score (nSPS) is 19.6. The van der Waals surface area contributed by atoms with Crippen LogP contribution < -0.4 is 0 Å². The molecule has 1 saturated heterocycles. The van der Waals surface area contributed by atoms with Crippen LogP contribution in [0.25, 0.3) is 0 Å². The molecule has 1 aliphatic rings. The third-order valence-electron chi connectivity index (χ3n) is 1.93. The fourth-order valence-electron chi connectivity index (χ4n) is 1.18. The van der Waals surface area contributed by atoms with Crippen LogP contribution in [0.15, 0.2) is 16.7 Å². The van der Waals surface area contributed by atoms with Gasteiger partial charge in [-0.1, -0.05) is 0 Å². The van der Waals surface area contributed by atoms with Crippen molar-refractivity contribution in [2.45, 2.75) is 5.60 Å². The molecular formula is C8H7BrFNO2. The van der Waals surface area contributed by atoms with Crippen molar-refractivity contribution < 1.29 is 14.2 Å². The summed E-state index contributed by atoms with van der Waals surface area (Å²) in [5.41, 5.74) is -1.19. The van der Waals surface area contributed by atoms with E-state index in [1.54, 1.807) is 0 Å². The molecule has 1 aliphatic heterocycles. The van der Waals surface area contributed by atoms with Gasteiger partial charge in [0.1, 0.15) is 16.1 Å². The second-order valence-electron chi connectivity index (χ2n) is 2.99. The van der Waals surface area contributed by atoms with Crippen molar-refractivity contribution in [3.05, 3.63) is 28.2 Å². The molecule has 0 aliphatic carbocycles. The highest BCUT2D eigenvalue weighted by atomic mass is 79.9. The van der Waals surface area contributed by atoms with Crippen LogP contribution in [0.1, 0.15) is 5.69 Å². The summed E-state index contributed by atoms with van der Waals surface area (Å²) in [6.07, 6.45) is 0. The summed E-state index contributed by atoms with van der Waals surface area (Å²) < 4.78 is 18.5. The van der Waals surface area contributed by atoms with E-state index in [9.17, 15) is 9.50 Å². The molecule has 0 bridgehead atoms. The highest BCUT2D eigenvalue weighted by molar-refractivity contribution is 9.10. The number of halogens is 2. The van der Waals surface area contributed by atoms with Crippen molar-refractivity contribution in [1.29, 1.82) is 0 Å². The summed E-state index contributed by atoms with van der Waals surface area (Å²) in [5, 5.41) is 9.74. The van der Waals surface area contributed by atoms with E-state index in [2.05, 4.69) is 20.9 Å². The summed E-state index contributed by atoms with van der Waals surface area (Å²) in [5.74, 6) is -0.506. The van der Waals surface area contributed by atoms with Gasteiger partial charge in [0.25, 0.3) is 0 Å². The van der Waals surface area contributed by atoms with Crippen LogP contribution in [0.5, 0.6) is 0 Å². The van der Waals surface area contributed by atoms with Crippen molar-refractivity contribution in [2.24, 2.45) is 0 Å². The fourth-order valence-corrected chi connectivity index (χ4v) is 1.49. The zero-order valence-corrected chi connectivity index (χ0v) is 8.21. The van der Waals surface area contributed by atoms with Crippen molar-refractivity contribution in [2.75, 3.05) is 13.2 Å². The van der Waals surface area contributed by atoms with Gasteiger partial charge in [-0.15, -0.1) is 0 Å². The number of aromatic nitrogens is 1. The van der Waals surface area contributed by atoms with Gasteiger partial charge in [0.15, 0.2) is 5.60 Å². The van der Waals surface area contributed by atoms with E-state index < -0.39 is 11.4 Å². The first-order valence-electron chi connectivity index (χ1n) is 3.74. The average molecular weight is 248 g/mol. The number of aliphatic hydroxyl groups is 1. The maximum Gasteiger partial charge on any atom is 0.156 e. The largest absolute Gasteiger partial charge is 0.379 e. The van der Waals surface area contributed by atoms with Crippen LogP contribution in [0.3, 0.4) is 0 Å². The van der Waals surface area contributed by atoms with Gasteiger partial charge in [0.05, 0.1) is 13.2 Å². The Kier molecular flexibility index (Phi) is 2.09. The van der Waals surface area contributed by atoms with Crippen LogP contribution in [-0.4, -0.2) is 23.3 Å². The Hall–Kier alpha value is -0.520. The fraction of sp³-hybridized carbons (Fsp3) is 0.375. The van der Waals surface area contributed by atoms with Crippen LogP contribution in [0.2, 0.25) is 0 Å². The molecule has 0 saturated carbocycles. The smallest absolute Gasteiger partial charge is 0.156 e. The molecule has 1 N–H and O–H groups in total. The summed E-state index contributed by atoms with van der Waals surface area (Å²) in [7, 11) is 0. The highest BCUT2D eigenvalue weighted by Crippen LogP contribution is 2.30. The minimum atomic E-state index is -1.24. The van der Waals surface area contributed by atoms with Crippen molar-refractivity contribution in [3.8, 4) is 0 Å². The van der Waals surface area contributed by atoms with E-state index in [4.69, 9.17) is 4.74 Å². The molecule has 0 radical (unpaired) electrons. The van der Waals surface area contributed by atoms with Crippen molar-refractivity contribution in [3.63, 3.8) is 0 Å². The molecule has 0 aromatic carbocycles. The van der Waals surface area contributed by atoms with Crippen molar-refractivity contribution in [1.82, 2.24) is 4.98 Å². The third kappa shape index (κ3) is 1.47. The standard InChI is InChI=1S/C8H7BrFNO2/c9-6-2-1-5(10)7(11-6)8(12)3-13-4-8/h1-2,12H,3-4H2. The van der Waals surface area contributed by atoms with Crippen LogP contribution in [0, 0.1) is 5.82 Å². The quantitative estimate of drug-likeness (QED) is 0.759. The Morgan fingerprint density at radius 1 is 1.54 bits per heavy atom. The van der Waals surface area contributed by atoms with Crippen LogP contribution in [-0.2, 0) is 10.3 Å². The highest BCUT2D eigenvalue weighted by Gasteiger charge is 2.41. The molecule has 2 rings (SSSR count). The maximum atomic E-state index is 13.2. The zero-order chi connectivity index (χ0) is 9.47. The number of pyridine rings is 1. The van der Waals surface area contributed by atoms with E-state index in [-0.39, 0.29) is 18.9 Å². The predicted molar refractivity (Wildman–Crippen MR) is 46.6 cm³/mol. The first kappa shape index (κ1) is 9.05. The van der Waals surface area contributed by atoms with Gasteiger partial charge >= 0.3 is 0 Å². The molecule has 5 heteroatoms. The molecule has 1 fully saturated rings. The van der Waals surface area contributed by atoms with Gasteiger partial charge in [-0.2, -0.15) is 0 Å². The van der Waals surface area contributed by atoms with E-state index in [0.717, 1.165) is 0 Å². The molecule has 1 aromatic heterocycles. The second-order valence-corrected chi connectivity index (χ2v) is 3.80. The van der Waals surface area contributed by atoms with E-state index in [1.165, 1.54) is 12.1 Å². The summed E-state index contributed by atoms with van der Waals surface area (Å²) >= 11 is 3.11. The Morgan fingerprint density at radius 2 is 2.23 bits per heavy atom. The Labute approximate surface area is 82.7 Å². The lowest BCUT2D eigenvalue weighted by Gasteiger charge is -2.35. The third-order valence-corrected chi connectivity index (χ3v) is 2.38. The predicted octanol–water partition coefficient (Wildman–Crippen LogP) is 1.20. The average Bonchev–Trinajstić information content (AvgIpc) is 2.05. The van der Waals surface area contributed by atoms with Gasteiger partial charge in [-0.05, 0) is 28.1 Å². The molecule has 0 unspecified atom stereocenters. The minimum Gasteiger partial charge on any atom is -0.379 e. The van der Waals surface area contributed by atoms with E-state index in [1.807, 2.05) is 0 Å². The molecule has 3 nitrogen and oxygen atoms in total. The molecule has 70 valence electrons. The first-order chi connectivity index (χ1) is 6.12. The molecular weight excluding hydrogens is 241 g/mol. The molecule has 13 heavy (non-hydrogen) atoms. The zero-order valence-electron chi connectivity index (χ0n) is 6.63. The van der Waals surface area contributed by atoms with E-state index >= 15 is 0 Å². The lowest BCUT2D eigenvalue weighted by atomic mass is 9.97. The van der Waals surface area contributed by atoms with Crippen molar-refractivity contribution >= 4 is 15.9 Å². The van der Waals surface area contributed by atoms with Gasteiger partial charge < -0.3 is 9.84 Å². The number of ether oxygens (including phenoxy) is 1.